The summed E-state index contributed by atoms with van der Waals surface area (Å²) < 4.78 is 0. The Labute approximate surface area is 165 Å². The average molecular weight is 382 g/mol. The fourth-order valence-electron chi connectivity index (χ4n) is 2.48. The molecule has 0 atom stereocenters. The van der Waals surface area contributed by atoms with Gasteiger partial charge in [-0.25, -0.2) is 0 Å². The van der Waals surface area contributed by atoms with Crippen molar-refractivity contribution in [2.75, 3.05) is 11.9 Å². The molecule has 6 nitrogen and oxygen atoms in total. The average Bonchev–Trinajstić information content (AvgIpc) is 2.64. The molecule has 2 aromatic rings. The number of hydrogen-bond donors (Lipinski definition) is 3. The van der Waals surface area contributed by atoms with E-state index in [1.165, 1.54) is 0 Å². The first-order valence-corrected chi connectivity index (χ1v) is 9.14. The zero-order valence-electron chi connectivity index (χ0n) is 16.4. The van der Waals surface area contributed by atoms with Crippen LogP contribution >= 0.6 is 0 Å². The molecule has 0 aromatic heterocycles. The van der Waals surface area contributed by atoms with Crippen LogP contribution in [0.25, 0.3) is 0 Å². The number of hydrogen-bond acceptors (Lipinski definition) is 3. The van der Waals surface area contributed by atoms with Gasteiger partial charge < -0.3 is 15.7 Å². The predicted molar refractivity (Wildman–Crippen MR) is 109 cm³/mol. The first-order valence-electron chi connectivity index (χ1n) is 9.14. The van der Waals surface area contributed by atoms with Crippen molar-refractivity contribution < 1.29 is 19.5 Å². The normalized spacial score (nSPS) is 11.0. The second-order valence-corrected chi connectivity index (χ2v) is 7.87. The summed E-state index contributed by atoms with van der Waals surface area (Å²) in [6, 6.07) is 13.6. The van der Waals surface area contributed by atoms with E-state index in [1.54, 1.807) is 42.5 Å². The number of aryl methyl sites for hydroxylation is 1. The zero-order chi connectivity index (χ0) is 20.7. The Kier molecular flexibility index (Phi) is 6.93. The predicted octanol–water partition coefficient (Wildman–Crippen LogP) is 3.73. The summed E-state index contributed by atoms with van der Waals surface area (Å²) in [5.74, 6) is -1.33. The van der Waals surface area contributed by atoms with Gasteiger partial charge in [-0.2, -0.15) is 0 Å². The van der Waals surface area contributed by atoms with Gasteiger partial charge in [-0.15, -0.1) is 0 Å². The van der Waals surface area contributed by atoms with Crippen LogP contribution < -0.4 is 10.6 Å². The van der Waals surface area contributed by atoms with Crippen molar-refractivity contribution in [2.45, 2.75) is 33.6 Å². The Morgan fingerprint density at radius 1 is 0.929 bits per heavy atom. The molecular formula is C22H26N2O4. The molecule has 148 valence electrons. The maximum atomic E-state index is 12.4. The molecule has 0 spiro atoms. The van der Waals surface area contributed by atoms with Crippen LogP contribution in [0.15, 0.2) is 48.5 Å². The lowest BCUT2D eigenvalue weighted by atomic mass is 9.97. The van der Waals surface area contributed by atoms with E-state index in [4.69, 9.17) is 5.11 Å². The molecule has 0 saturated heterocycles. The molecule has 0 saturated carbocycles. The van der Waals surface area contributed by atoms with Crippen LogP contribution in [-0.2, 0) is 11.2 Å². The number of carbonyl (C=O) groups excluding carboxylic acids is 2. The van der Waals surface area contributed by atoms with E-state index in [1.807, 2.05) is 26.8 Å². The molecule has 0 bridgehead atoms. The Bertz CT molecular complexity index is 852. The lowest BCUT2D eigenvalue weighted by Gasteiger charge is -2.18. The maximum absolute atomic E-state index is 12.4. The molecular weight excluding hydrogens is 356 g/mol. The molecule has 6 heteroatoms. The van der Waals surface area contributed by atoms with E-state index in [9.17, 15) is 14.4 Å². The number of carbonyl (C=O) groups is 3. The number of anilines is 1. The third kappa shape index (κ3) is 6.87. The van der Waals surface area contributed by atoms with Crippen LogP contribution in [0.2, 0.25) is 0 Å². The lowest BCUT2D eigenvalue weighted by molar-refractivity contribution is -0.136. The molecule has 0 aliphatic carbocycles. The van der Waals surface area contributed by atoms with Gasteiger partial charge in [0.05, 0.1) is 0 Å². The van der Waals surface area contributed by atoms with Crippen LogP contribution in [0.3, 0.4) is 0 Å². The Morgan fingerprint density at radius 3 is 2.11 bits per heavy atom. The number of carboxylic acids is 1. The van der Waals surface area contributed by atoms with Crippen molar-refractivity contribution in [1.82, 2.24) is 5.32 Å². The third-order valence-corrected chi connectivity index (χ3v) is 4.00. The van der Waals surface area contributed by atoms with Gasteiger partial charge in [0.2, 0.25) is 0 Å². The van der Waals surface area contributed by atoms with Crippen molar-refractivity contribution in [3.05, 3.63) is 65.2 Å². The number of carboxylic acid groups (broad SMARTS) is 1. The van der Waals surface area contributed by atoms with Gasteiger partial charge in [-0.1, -0.05) is 32.9 Å². The highest BCUT2D eigenvalue weighted by atomic mass is 16.4. The number of nitrogens with one attached hydrogen (secondary N) is 2. The SMILES string of the molecule is CC(C)(C)CNC(=O)c1ccc(C(=O)Nc2cccc(CCC(=O)O)c2)cc1. The van der Waals surface area contributed by atoms with E-state index in [2.05, 4.69) is 10.6 Å². The topological polar surface area (TPSA) is 95.5 Å². The number of rotatable bonds is 7. The van der Waals surface area contributed by atoms with Crippen molar-refractivity contribution in [2.24, 2.45) is 5.41 Å². The van der Waals surface area contributed by atoms with Gasteiger partial charge >= 0.3 is 5.97 Å². The first kappa shape index (κ1) is 21.2. The minimum atomic E-state index is -0.860. The maximum Gasteiger partial charge on any atom is 0.303 e. The highest BCUT2D eigenvalue weighted by Crippen LogP contribution is 2.15. The van der Waals surface area contributed by atoms with Crippen LogP contribution in [-0.4, -0.2) is 29.4 Å². The van der Waals surface area contributed by atoms with Gasteiger partial charge in [0.15, 0.2) is 0 Å². The summed E-state index contributed by atoms with van der Waals surface area (Å²) >= 11 is 0. The van der Waals surface area contributed by atoms with Gasteiger partial charge in [0, 0.05) is 29.8 Å². The highest BCUT2D eigenvalue weighted by Gasteiger charge is 2.14. The molecule has 0 aliphatic heterocycles. The second-order valence-electron chi connectivity index (χ2n) is 7.87. The van der Waals surface area contributed by atoms with Gasteiger partial charge in [0.1, 0.15) is 0 Å². The van der Waals surface area contributed by atoms with Crippen LogP contribution in [0.5, 0.6) is 0 Å². The van der Waals surface area contributed by atoms with Crippen molar-refractivity contribution in [3.8, 4) is 0 Å². The van der Waals surface area contributed by atoms with Crippen LogP contribution in [0, 0.1) is 5.41 Å². The number of amides is 2. The van der Waals surface area contributed by atoms with E-state index in [0.717, 1.165) is 5.56 Å². The summed E-state index contributed by atoms with van der Waals surface area (Å²) in [5, 5.41) is 14.4. The molecule has 0 aliphatic rings. The Hall–Kier alpha value is -3.15. The molecule has 28 heavy (non-hydrogen) atoms. The summed E-state index contributed by atoms with van der Waals surface area (Å²) in [6.07, 6.45) is 0.438. The molecule has 0 radical (unpaired) electrons. The molecule has 0 fully saturated rings. The summed E-state index contributed by atoms with van der Waals surface area (Å²) in [5.41, 5.74) is 2.36. The van der Waals surface area contributed by atoms with Gasteiger partial charge in [-0.05, 0) is 53.8 Å². The molecule has 2 amide bonds. The number of aliphatic carboxylic acids is 1. The molecule has 0 unspecified atom stereocenters. The van der Waals surface area contributed by atoms with Gasteiger partial charge in [0.25, 0.3) is 11.8 Å². The largest absolute Gasteiger partial charge is 0.481 e. The Balaban J connectivity index is 1.98. The third-order valence-electron chi connectivity index (χ3n) is 4.00. The summed E-state index contributed by atoms with van der Waals surface area (Å²) in [6.45, 7) is 6.68. The smallest absolute Gasteiger partial charge is 0.303 e. The van der Waals surface area contributed by atoms with Crippen LogP contribution in [0.4, 0.5) is 5.69 Å². The zero-order valence-corrected chi connectivity index (χ0v) is 16.4. The molecule has 0 heterocycles. The molecule has 2 aromatic carbocycles. The van der Waals surface area contributed by atoms with Crippen LogP contribution in [0.1, 0.15) is 53.5 Å². The van der Waals surface area contributed by atoms with Gasteiger partial charge in [-0.3, -0.25) is 14.4 Å². The Morgan fingerprint density at radius 2 is 1.54 bits per heavy atom. The molecule has 2 rings (SSSR count). The fraction of sp³-hybridized carbons (Fsp3) is 0.318. The van der Waals surface area contributed by atoms with E-state index in [-0.39, 0.29) is 23.7 Å². The van der Waals surface area contributed by atoms with Crippen molar-refractivity contribution in [3.63, 3.8) is 0 Å². The fourth-order valence-corrected chi connectivity index (χ4v) is 2.48. The quantitative estimate of drug-likeness (QED) is 0.680. The highest BCUT2D eigenvalue weighted by molar-refractivity contribution is 6.05. The van der Waals surface area contributed by atoms with E-state index >= 15 is 0 Å². The minimum absolute atomic E-state index is 0.00547. The second kappa shape index (κ2) is 9.17. The van der Waals surface area contributed by atoms with E-state index < -0.39 is 5.97 Å². The first-order chi connectivity index (χ1) is 13.1. The minimum Gasteiger partial charge on any atom is -0.481 e. The summed E-state index contributed by atoms with van der Waals surface area (Å²) in [4.78, 5) is 35.3. The lowest BCUT2D eigenvalue weighted by Crippen LogP contribution is -2.32. The van der Waals surface area contributed by atoms with Crippen molar-refractivity contribution >= 4 is 23.5 Å². The van der Waals surface area contributed by atoms with E-state index in [0.29, 0.717) is 29.8 Å². The standard InChI is InChI=1S/C22H26N2O4/c1-22(2,3)14-23-20(27)16-8-10-17(11-9-16)21(28)24-18-6-4-5-15(13-18)7-12-19(25)26/h4-6,8-11,13H,7,12,14H2,1-3H3,(H,23,27)(H,24,28)(H,25,26). The molecule has 3 N–H and O–H groups in total. The van der Waals surface area contributed by atoms with Crippen molar-refractivity contribution in [1.29, 1.82) is 0 Å². The summed E-state index contributed by atoms with van der Waals surface area (Å²) in [7, 11) is 0. The monoisotopic (exact) mass is 382 g/mol. The number of benzene rings is 2.